The molecule has 0 aliphatic carbocycles. The Morgan fingerprint density at radius 3 is 2.70 bits per heavy atom. The number of amides is 2. The Morgan fingerprint density at radius 1 is 1.13 bits per heavy atom. The van der Waals surface area contributed by atoms with Gasteiger partial charge in [0.05, 0.1) is 11.9 Å². The minimum Gasteiger partial charge on any atom is -0.338 e. The van der Waals surface area contributed by atoms with Gasteiger partial charge in [0.15, 0.2) is 0 Å². The molecule has 6 nitrogen and oxygen atoms in total. The highest BCUT2D eigenvalue weighted by Gasteiger charge is 2.03. The van der Waals surface area contributed by atoms with E-state index in [-0.39, 0.29) is 6.03 Å². The zero-order valence-corrected chi connectivity index (χ0v) is 12.5. The van der Waals surface area contributed by atoms with Crippen LogP contribution in [-0.2, 0) is 6.42 Å². The van der Waals surface area contributed by atoms with Crippen LogP contribution in [0.1, 0.15) is 5.56 Å². The van der Waals surface area contributed by atoms with E-state index in [9.17, 15) is 4.79 Å². The van der Waals surface area contributed by atoms with E-state index in [0.717, 1.165) is 12.2 Å². The van der Waals surface area contributed by atoms with Gasteiger partial charge in [-0.15, -0.1) is 0 Å². The van der Waals surface area contributed by atoms with Crippen LogP contribution in [0.3, 0.4) is 0 Å². The Hall–Kier alpha value is -3.15. The molecule has 0 spiro atoms. The van der Waals surface area contributed by atoms with Gasteiger partial charge in [0.25, 0.3) is 0 Å². The predicted octanol–water partition coefficient (Wildman–Crippen LogP) is 2.63. The first kappa shape index (κ1) is 14.8. The van der Waals surface area contributed by atoms with Gasteiger partial charge in [-0.2, -0.15) is 0 Å². The maximum Gasteiger partial charge on any atom is 0.319 e. The molecule has 0 aliphatic heterocycles. The van der Waals surface area contributed by atoms with Crippen LogP contribution < -0.4 is 10.6 Å². The lowest BCUT2D eigenvalue weighted by Gasteiger charge is -2.08. The van der Waals surface area contributed by atoms with Crippen molar-refractivity contribution in [2.75, 3.05) is 11.9 Å². The summed E-state index contributed by atoms with van der Waals surface area (Å²) >= 11 is 0. The molecule has 2 amide bonds. The summed E-state index contributed by atoms with van der Waals surface area (Å²) in [7, 11) is 0. The van der Waals surface area contributed by atoms with Crippen LogP contribution in [0, 0.1) is 0 Å². The van der Waals surface area contributed by atoms with Crippen LogP contribution in [0.4, 0.5) is 10.5 Å². The van der Waals surface area contributed by atoms with Gasteiger partial charge in [-0.3, -0.25) is 4.57 Å². The summed E-state index contributed by atoms with van der Waals surface area (Å²) in [5, 5.41) is 5.59. The summed E-state index contributed by atoms with van der Waals surface area (Å²) in [6.07, 6.45) is 7.59. The predicted molar refractivity (Wildman–Crippen MR) is 88.5 cm³/mol. The number of hydrogen-bond acceptors (Lipinski definition) is 3. The van der Waals surface area contributed by atoms with Crippen molar-refractivity contribution in [1.82, 2.24) is 19.9 Å². The number of aromatic nitrogens is 3. The number of nitrogens with one attached hydrogen (secondary N) is 2. The number of hydrogen-bond donors (Lipinski definition) is 2. The van der Waals surface area contributed by atoms with E-state index in [4.69, 9.17) is 0 Å². The van der Waals surface area contributed by atoms with E-state index >= 15 is 0 Å². The fourth-order valence-corrected chi connectivity index (χ4v) is 2.15. The van der Waals surface area contributed by atoms with E-state index in [1.807, 2.05) is 42.6 Å². The topological polar surface area (TPSA) is 71.8 Å². The smallest absolute Gasteiger partial charge is 0.319 e. The average molecular weight is 307 g/mol. The van der Waals surface area contributed by atoms with Crippen LogP contribution in [0.2, 0.25) is 0 Å². The SMILES string of the molecule is O=C(NCCc1ccccc1)Nc1ccc(-n2ccnc2)nc1. The maximum absolute atomic E-state index is 11.9. The van der Waals surface area contributed by atoms with Crippen molar-refractivity contribution in [1.29, 1.82) is 0 Å². The minimum absolute atomic E-state index is 0.238. The minimum atomic E-state index is -0.238. The van der Waals surface area contributed by atoms with E-state index in [2.05, 4.69) is 20.6 Å². The van der Waals surface area contributed by atoms with Gasteiger partial charge >= 0.3 is 6.03 Å². The van der Waals surface area contributed by atoms with Gasteiger partial charge < -0.3 is 10.6 Å². The molecule has 0 atom stereocenters. The van der Waals surface area contributed by atoms with Crippen molar-refractivity contribution in [3.05, 3.63) is 72.9 Å². The molecule has 3 rings (SSSR count). The molecule has 2 heterocycles. The first-order valence-electron chi connectivity index (χ1n) is 7.34. The zero-order valence-electron chi connectivity index (χ0n) is 12.5. The summed E-state index contributed by atoms with van der Waals surface area (Å²) in [5.41, 5.74) is 1.84. The Kier molecular flexibility index (Phi) is 4.63. The van der Waals surface area contributed by atoms with E-state index < -0.39 is 0 Å². The lowest BCUT2D eigenvalue weighted by atomic mass is 10.1. The highest BCUT2D eigenvalue weighted by molar-refractivity contribution is 5.89. The van der Waals surface area contributed by atoms with Crippen molar-refractivity contribution in [2.24, 2.45) is 0 Å². The first-order valence-corrected chi connectivity index (χ1v) is 7.34. The van der Waals surface area contributed by atoms with Crippen molar-refractivity contribution in [3.63, 3.8) is 0 Å². The average Bonchev–Trinajstić information content (AvgIpc) is 3.11. The van der Waals surface area contributed by atoms with Crippen LogP contribution >= 0.6 is 0 Å². The van der Waals surface area contributed by atoms with Gasteiger partial charge in [0.1, 0.15) is 12.1 Å². The maximum atomic E-state index is 11.9. The van der Waals surface area contributed by atoms with Crippen molar-refractivity contribution in [3.8, 4) is 5.82 Å². The van der Waals surface area contributed by atoms with E-state index in [0.29, 0.717) is 12.2 Å². The second-order valence-electron chi connectivity index (χ2n) is 4.99. The van der Waals surface area contributed by atoms with Crippen molar-refractivity contribution >= 4 is 11.7 Å². The summed E-state index contributed by atoms with van der Waals surface area (Å²) in [4.78, 5) is 20.1. The highest BCUT2D eigenvalue weighted by atomic mass is 16.2. The van der Waals surface area contributed by atoms with Crippen LogP contribution in [0.15, 0.2) is 67.4 Å². The number of carbonyl (C=O) groups is 1. The molecule has 0 fully saturated rings. The van der Waals surface area contributed by atoms with Crippen LogP contribution in [-0.4, -0.2) is 27.1 Å². The second kappa shape index (κ2) is 7.22. The zero-order chi connectivity index (χ0) is 15.9. The molecule has 116 valence electrons. The van der Waals surface area contributed by atoms with E-state index in [1.165, 1.54) is 5.56 Å². The molecule has 2 N–H and O–H groups in total. The van der Waals surface area contributed by atoms with Crippen molar-refractivity contribution in [2.45, 2.75) is 6.42 Å². The molecule has 6 heteroatoms. The lowest BCUT2D eigenvalue weighted by Crippen LogP contribution is -2.30. The third-order valence-electron chi connectivity index (χ3n) is 3.32. The number of urea groups is 1. The standard InChI is InChI=1S/C17H17N5O/c23-17(19-9-8-14-4-2-1-3-5-14)21-15-6-7-16(20-12-15)22-11-10-18-13-22/h1-7,10-13H,8-9H2,(H2,19,21,23). The Bertz CT molecular complexity index is 738. The Morgan fingerprint density at radius 2 is 2.00 bits per heavy atom. The molecule has 0 aliphatic rings. The van der Waals surface area contributed by atoms with Crippen LogP contribution in [0.25, 0.3) is 5.82 Å². The second-order valence-corrected chi connectivity index (χ2v) is 4.99. The summed E-state index contributed by atoms with van der Waals surface area (Å²) < 4.78 is 1.80. The van der Waals surface area contributed by atoms with Gasteiger partial charge in [-0.25, -0.2) is 14.8 Å². The number of nitrogens with zero attached hydrogens (tertiary/aromatic N) is 3. The van der Waals surface area contributed by atoms with Gasteiger partial charge in [-0.05, 0) is 24.1 Å². The fraction of sp³-hybridized carbons (Fsp3) is 0.118. The first-order chi connectivity index (χ1) is 11.3. The monoisotopic (exact) mass is 307 g/mol. The van der Waals surface area contributed by atoms with Crippen molar-refractivity contribution < 1.29 is 4.79 Å². The van der Waals surface area contributed by atoms with E-state index in [1.54, 1.807) is 29.4 Å². The highest BCUT2D eigenvalue weighted by Crippen LogP contribution is 2.09. The molecule has 23 heavy (non-hydrogen) atoms. The van der Waals surface area contributed by atoms with Crippen LogP contribution in [0.5, 0.6) is 0 Å². The Labute approximate surface area is 134 Å². The lowest BCUT2D eigenvalue weighted by molar-refractivity contribution is 0.252. The molecule has 0 bridgehead atoms. The number of imidazole rings is 1. The molecule has 0 saturated heterocycles. The largest absolute Gasteiger partial charge is 0.338 e. The van der Waals surface area contributed by atoms with Gasteiger partial charge in [0.2, 0.25) is 0 Å². The quantitative estimate of drug-likeness (QED) is 0.761. The summed E-state index contributed by atoms with van der Waals surface area (Å²) in [5.74, 6) is 0.748. The third-order valence-corrected chi connectivity index (χ3v) is 3.32. The normalized spacial score (nSPS) is 10.3. The Balaban J connectivity index is 1.48. The summed E-state index contributed by atoms with van der Waals surface area (Å²) in [6, 6.07) is 13.4. The molecular formula is C17H17N5O. The van der Waals surface area contributed by atoms with Gasteiger partial charge in [0, 0.05) is 18.9 Å². The number of anilines is 1. The molecule has 2 aromatic heterocycles. The van der Waals surface area contributed by atoms with Gasteiger partial charge in [-0.1, -0.05) is 30.3 Å². The summed E-state index contributed by atoms with van der Waals surface area (Å²) in [6.45, 7) is 0.580. The molecule has 0 radical (unpaired) electrons. The number of rotatable bonds is 5. The number of benzene rings is 1. The number of carbonyl (C=O) groups excluding carboxylic acids is 1. The molecular weight excluding hydrogens is 290 g/mol. The molecule has 0 unspecified atom stereocenters. The number of pyridine rings is 1. The molecule has 0 saturated carbocycles. The third kappa shape index (κ3) is 4.16. The molecule has 3 aromatic rings. The fourth-order valence-electron chi connectivity index (χ4n) is 2.15. The molecule has 1 aromatic carbocycles.